The fourth-order valence-electron chi connectivity index (χ4n) is 6.97. The second-order valence-corrected chi connectivity index (χ2v) is 11.2. The van der Waals surface area contributed by atoms with Crippen molar-refractivity contribution < 1.29 is 62.4 Å². The number of fused-ring (bicyclic) bond motifs is 4. The van der Waals surface area contributed by atoms with Crippen LogP contribution in [0.4, 0.5) is 0 Å². The lowest BCUT2D eigenvalue weighted by atomic mass is 9.66. The molecule has 7 rings (SSSR count). The molecular weight excluding hydrogens is 568 g/mol. The molecule has 10 atom stereocenters. The van der Waals surface area contributed by atoms with Crippen molar-refractivity contribution in [3.05, 3.63) is 41.0 Å². The van der Waals surface area contributed by atoms with Crippen molar-refractivity contribution in [2.75, 3.05) is 41.3 Å². The number of aliphatic hydroxyl groups excluding tert-OH is 1. The third kappa shape index (κ3) is 4.57. The topological polar surface area (TPSA) is 150 Å². The Morgan fingerprint density at radius 3 is 2.28 bits per heavy atom. The first kappa shape index (κ1) is 28.4. The highest BCUT2D eigenvalue weighted by molar-refractivity contribution is 5.79. The third-order valence-electron chi connectivity index (χ3n) is 8.99. The molecule has 0 radical (unpaired) electrons. The molecule has 3 saturated heterocycles. The minimum Gasteiger partial charge on any atom is -0.502 e. The minimum absolute atomic E-state index is 0.0509. The van der Waals surface area contributed by atoms with Gasteiger partial charge < -0.3 is 57.6 Å². The van der Waals surface area contributed by atoms with Crippen molar-refractivity contribution >= 4 is 5.97 Å². The Hall–Kier alpha value is -3.33. The molecule has 2 aromatic rings. The molecule has 4 heterocycles. The quantitative estimate of drug-likeness (QED) is 0.465. The Kier molecular flexibility index (Phi) is 7.27. The van der Waals surface area contributed by atoms with Gasteiger partial charge in [0.15, 0.2) is 35.6 Å². The summed E-state index contributed by atoms with van der Waals surface area (Å²) >= 11 is 0. The molecule has 0 aromatic heterocycles. The van der Waals surface area contributed by atoms with Gasteiger partial charge in [0.2, 0.25) is 12.5 Å². The molecule has 13 heteroatoms. The zero-order valence-electron chi connectivity index (χ0n) is 24.1. The molecule has 2 aromatic carbocycles. The number of phenolic OH excluding ortho intramolecular Hbond substituents is 1. The number of phenols is 1. The summed E-state index contributed by atoms with van der Waals surface area (Å²) in [6.07, 6.45) is -5.43. The molecule has 2 N–H and O–H groups in total. The maximum atomic E-state index is 13.5. The van der Waals surface area contributed by atoms with Crippen LogP contribution < -0.4 is 18.9 Å². The number of methoxy groups -OCH3 is 3. The Morgan fingerprint density at radius 2 is 1.60 bits per heavy atom. The van der Waals surface area contributed by atoms with Crippen molar-refractivity contribution in [2.24, 2.45) is 11.8 Å². The predicted octanol–water partition coefficient (Wildman–Crippen LogP) is 1.99. The normalized spacial score (nSPS) is 35.9. The zero-order valence-corrected chi connectivity index (χ0v) is 24.1. The van der Waals surface area contributed by atoms with E-state index in [9.17, 15) is 15.0 Å². The number of ether oxygens (including phenoxy) is 10. The van der Waals surface area contributed by atoms with Crippen LogP contribution in [0.15, 0.2) is 24.3 Å². The molecule has 0 saturated carbocycles. The van der Waals surface area contributed by atoms with Gasteiger partial charge in [-0.2, -0.15) is 0 Å². The molecule has 0 spiro atoms. The monoisotopic (exact) mass is 602 g/mol. The summed E-state index contributed by atoms with van der Waals surface area (Å²) in [5, 5.41) is 21.8. The molecule has 3 fully saturated rings. The number of hydrogen-bond acceptors (Lipinski definition) is 13. The van der Waals surface area contributed by atoms with Gasteiger partial charge in [-0.3, -0.25) is 4.79 Å². The van der Waals surface area contributed by atoms with Crippen LogP contribution in [0, 0.1) is 11.8 Å². The number of rotatable bonds is 6. The number of carbonyl (C=O) groups excluding carboxylic acids is 1. The molecule has 13 nitrogen and oxygen atoms in total. The largest absolute Gasteiger partial charge is 0.502 e. The smallest absolute Gasteiger partial charge is 0.310 e. The van der Waals surface area contributed by atoms with Gasteiger partial charge in [-0.25, -0.2) is 0 Å². The van der Waals surface area contributed by atoms with Crippen molar-refractivity contribution in [3.8, 4) is 28.7 Å². The van der Waals surface area contributed by atoms with Crippen molar-refractivity contribution in [3.63, 3.8) is 0 Å². The summed E-state index contributed by atoms with van der Waals surface area (Å²) in [4.78, 5) is 13.5. The van der Waals surface area contributed by atoms with E-state index in [4.69, 9.17) is 47.4 Å². The molecular formula is C30H34O13. The summed E-state index contributed by atoms with van der Waals surface area (Å²) in [7, 11) is 4.36. The number of aliphatic hydroxyl groups is 1. The highest BCUT2D eigenvalue weighted by Gasteiger charge is 2.56. The third-order valence-corrected chi connectivity index (χ3v) is 8.99. The van der Waals surface area contributed by atoms with E-state index >= 15 is 0 Å². The lowest BCUT2D eigenvalue weighted by Crippen LogP contribution is -2.63. The number of cyclic esters (lactones) is 1. The molecule has 5 aliphatic rings. The molecule has 1 aliphatic carbocycles. The van der Waals surface area contributed by atoms with E-state index in [1.807, 2.05) is 12.1 Å². The van der Waals surface area contributed by atoms with E-state index in [0.717, 1.165) is 11.1 Å². The van der Waals surface area contributed by atoms with Gasteiger partial charge >= 0.3 is 5.97 Å². The first-order chi connectivity index (χ1) is 20.8. The van der Waals surface area contributed by atoms with Gasteiger partial charge in [-0.1, -0.05) is 0 Å². The fraction of sp³-hybridized carbons (Fsp3) is 0.567. The van der Waals surface area contributed by atoms with Crippen LogP contribution in [0.25, 0.3) is 0 Å². The van der Waals surface area contributed by atoms with Crippen LogP contribution in [0.5, 0.6) is 28.7 Å². The molecule has 2 unspecified atom stereocenters. The Labute approximate surface area is 247 Å². The molecule has 43 heavy (non-hydrogen) atoms. The summed E-state index contributed by atoms with van der Waals surface area (Å²) in [6.45, 7) is 2.10. The van der Waals surface area contributed by atoms with E-state index in [2.05, 4.69) is 0 Å². The van der Waals surface area contributed by atoms with Crippen LogP contribution in [0.2, 0.25) is 0 Å². The van der Waals surface area contributed by atoms with E-state index < -0.39 is 66.8 Å². The SMILES string of the molecule is COc1cc([C@@H]2c3cc4c(cc3C(O[C@@H]3O[C@@H]5CO[C@@H](C)O[C@H]5[C@H](O)[C@H]3OC)C3COC(=O)[C@@H]32)OCO4)cc(OC)c1O. The number of esters is 1. The second-order valence-electron chi connectivity index (χ2n) is 11.2. The minimum atomic E-state index is -1.05. The lowest BCUT2D eigenvalue weighted by molar-refractivity contribution is -0.367. The van der Waals surface area contributed by atoms with Crippen LogP contribution in [0.1, 0.15) is 35.6 Å². The number of carbonyl (C=O) groups is 1. The molecule has 4 aliphatic heterocycles. The Balaban J connectivity index is 1.33. The number of hydrogen-bond donors (Lipinski definition) is 2. The summed E-state index contributed by atoms with van der Waals surface area (Å²) in [5.74, 6) is -0.748. The average Bonchev–Trinajstić information content (AvgIpc) is 3.63. The number of benzene rings is 2. The van der Waals surface area contributed by atoms with E-state index in [1.165, 1.54) is 21.3 Å². The standard InChI is InChI=1S/C30H34O13/c1-12-37-10-21-27(41-12)25(32)28(36-4)30(42-21)43-26-15-8-18-17(39-11-40-18)7-14(15)22(23-16(26)9-38-29(23)33)13-5-19(34-2)24(31)20(6-13)35-3/h5-8,12,16,21-23,25-28,30-32H,9-11H2,1-4H3/t12-,16?,21-,22-,23+,25+,26?,27-,28-,30+/m1/s1. The van der Waals surface area contributed by atoms with Gasteiger partial charge in [0.05, 0.1) is 39.5 Å². The lowest BCUT2D eigenvalue weighted by Gasteiger charge is -2.48. The van der Waals surface area contributed by atoms with Crippen molar-refractivity contribution in [1.29, 1.82) is 0 Å². The van der Waals surface area contributed by atoms with Gasteiger partial charge in [0.1, 0.15) is 24.4 Å². The molecule has 0 bridgehead atoms. The summed E-state index contributed by atoms with van der Waals surface area (Å²) in [6, 6.07) is 7.07. The first-order valence-corrected chi connectivity index (χ1v) is 14.2. The van der Waals surface area contributed by atoms with Crippen molar-refractivity contribution in [1.82, 2.24) is 0 Å². The maximum Gasteiger partial charge on any atom is 0.310 e. The highest BCUT2D eigenvalue weighted by atomic mass is 16.8. The summed E-state index contributed by atoms with van der Waals surface area (Å²) in [5.41, 5.74) is 2.15. The predicted molar refractivity (Wildman–Crippen MR) is 143 cm³/mol. The van der Waals surface area contributed by atoms with Gasteiger partial charge in [-0.15, -0.1) is 0 Å². The van der Waals surface area contributed by atoms with E-state index in [1.54, 1.807) is 19.1 Å². The van der Waals surface area contributed by atoms with Gasteiger partial charge in [0, 0.05) is 18.9 Å². The van der Waals surface area contributed by atoms with Gasteiger partial charge in [-0.05, 0) is 47.9 Å². The summed E-state index contributed by atoms with van der Waals surface area (Å²) < 4.78 is 58.0. The van der Waals surface area contributed by atoms with E-state index in [0.29, 0.717) is 17.1 Å². The fourth-order valence-corrected chi connectivity index (χ4v) is 6.97. The van der Waals surface area contributed by atoms with E-state index in [-0.39, 0.29) is 37.3 Å². The average molecular weight is 603 g/mol. The van der Waals surface area contributed by atoms with Crippen LogP contribution in [-0.4, -0.2) is 94.5 Å². The second kappa shape index (κ2) is 11.0. The molecule has 0 amide bonds. The van der Waals surface area contributed by atoms with Crippen LogP contribution in [-0.2, 0) is 33.2 Å². The van der Waals surface area contributed by atoms with Gasteiger partial charge in [0.25, 0.3) is 0 Å². The number of aromatic hydroxyl groups is 1. The highest BCUT2D eigenvalue weighted by Crippen LogP contribution is 2.57. The zero-order chi connectivity index (χ0) is 30.0. The Bertz CT molecular complexity index is 1370. The Morgan fingerprint density at radius 1 is 0.907 bits per heavy atom. The molecule has 232 valence electrons. The van der Waals surface area contributed by atoms with Crippen LogP contribution >= 0.6 is 0 Å². The first-order valence-electron chi connectivity index (χ1n) is 14.2. The maximum absolute atomic E-state index is 13.5. The van der Waals surface area contributed by atoms with Crippen molar-refractivity contribution in [2.45, 2.75) is 55.9 Å². The van der Waals surface area contributed by atoms with Crippen LogP contribution in [0.3, 0.4) is 0 Å².